The van der Waals surface area contributed by atoms with Crippen LogP contribution in [0.1, 0.15) is 24.9 Å². The summed E-state index contributed by atoms with van der Waals surface area (Å²) in [6.45, 7) is 2.76. The van der Waals surface area contributed by atoms with Gasteiger partial charge in [-0.1, -0.05) is 37.3 Å². The summed E-state index contributed by atoms with van der Waals surface area (Å²) in [5, 5.41) is 12.6. The maximum atomic E-state index is 9.35. The summed E-state index contributed by atoms with van der Waals surface area (Å²) in [5.74, 6) is 0.805. The van der Waals surface area contributed by atoms with Gasteiger partial charge in [-0.05, 0) is 36.2 Å². The largest absolute Gasteiger partial charge is 0.494 e. The highest BCUT2D eigenvalue weighted by molar-refractivity contribution is 5.48. The molecule has 0 aliphatic rings. The van der Waals surface area contributed by atoms with Crippen molar-refractivity contribution in [3.63, 3.8) is 0 Å². The molecule has 0 aliphatic heterocycles. The molecular weight excluding hydrogens is 248 g/mol. The maximum Gasteiger partial charge on any atom is 0.140 e. The van der Waals surface area contributed by atoms with Crippen LogP contribution in [0.15, 0.2) is 54.6 Å². The highest BCUT2D eigenvalue weighted by Crippen LogP contribution is 2.22. The van der Waals surface area contributed by atoms with Gasteiger partial charge in [0.2, 0.25) is 0 Å². The van der Waals surface area contributed by atoms with Gasteiger partial charge in [0.25, 0.3) is 0 Å². The molecule has 0 aromatic heterocycles. The molecule has 0 bridgehead atoms. The minimum absolute atomic E-state index is 0.387. The van der Waals surface area contributed by atoms with Crippen LogP contribution < -0.4 is 10.1 Å². The van der Waals surface area contributed by atoms with E-state index >= 15 is 0 Å². The average Bonchev–Trinajstić information content (AvgIpc) is 2.52. The second-order valence-electron chi connectivity index (χ2n) is 4.49. The van der Waals surface area contributed by atoms with Gasteiger partial charge in [0.15, 0.2) is 0 Å². The molecule has 1 N–H and O–H groups in total. The van der Waals surface area contributed by atoms with Crippen LogP contribution in [0.5, 0.6) is 5.75 Å². The van der Waals surface area contributed by atoms with Gasteiger partial charge in [0.1, 0.15) is 11.8 Å². The van der Waals surface area contributed by atoms with Crippen molar-refractivity contribution < 1.29 is 4.74 Å². The minimum atomic E-state index is -0.387. The highest BCUT2D eigenvalue weighted by Gasteiger charge is 2.10. The smallest absolute Gasteiger partial charge is 0.140 e. The minimum Gasteiger partial charge on any atom is -0.494 e. The molecule has 0 heterocycles. The molecule has 20 heavy (non-hydrogen) atoms. The molecule has 0 saturated carbocycles. The monoisotopic (exact) mass is 266 g/mol. The second kappa shape index (κ2) is 7.20. The predicted molar refractivity (Wildman–Crippen MR) is 80.6 cm³/mol. The van der Waals surface area contributed by atoms with E-state index in [9.17, 15) is 5.26 Å². The van der Waals surface area contributed by atoms with Crippen molar-refractivity contribution >= 4 is 5.69 Å². The molecule has 0 saturated heterocycles. The van der Waals surface area contributed by atoms with Crippen molar-refractivity contribution in [2.45, 2.75) is 19.4 Å². The third-order valence-electron chi connectivity index (χ3n) is 2.88. The van der Waals surface area contributed by atoms with Crippen LogP contribution in [-0.4, -0.2) is 6.61 Å². The third-order valence-corrected chi connectivity index (χ3v) is 2.88. The third kappa shape index (κ3) is 3.76. The summed E-state index contributed by atoms with van der Waals surface area (Å²) in [6.07, 6.45) is 0.966. The van der Waals surface area contributed by atoms with E-state index in [1.54, 1.807) is 0 Å². The Morgan fingerprint density at radius 2 is 1.95 bits per heavy atom. The fourth-order valence-corrected chi connectivity index (χ4v) is 1.89. The lowest BCUT2D eigenvalue weighted by molar-refractivity contribution is 0.317. The number of hydrogen-bond acceptors (Lipinski definition) is 3. The zero-order valence-corrected chi connectivity index (χ0v) is 11.5. The fraction of sp³-hybridized carbons (Fsp3) is 0.235. The van der Waals surface area contributed by atoms with Gasteiger partial charge in [-0.2, -0.15) is 5.26 Å². The first-order valence-electron chi connectivity index (χ1n) is 6.77. The summed E-state index contributed by atoms with van der Waals surface area (Å²) < 4.78 is 5.60. The molecule has 0 spiro atoms. The summed E-state index contributed by atoms with van der Waals surface area (Å²) in [4.78, 5) is 0. The molecule has 0 amide bonds. The molecule has 2 aromatic carbocycles. The SMILES string of the molecule is CCCOc1cccc(C(C#N)Nc2ccccc2)c1. The van der Waals surface area contributed by atoms with Gasteiger partial charge in [-0.25, -0.2) is 0 Å². The van der Waals surface area contributed by atoms with Crippen LogP contribution in [0.4, 0.5) is 5.69 Å². The second-order valence-corrected chi connectivity index (χ2v) is 4.49. The molecule has 0 radical (unpaired) electrons. The van der Waals surface area contributed by atoms with Crippen molar-refractivity contribution in [3.05, 3.63) is 60.2 Å². The van der Waals surface area contributed by atoms with Gasteiger partial charge < -0.3 is 10.1 Å². The number of anilines is 1. The van der Waals surface area contributed by atoms with E-state index in [1.165, 1.54) is 0 Å². The molecule has 1 atom stereocenters. The normalized spacial score (nSPS) is 11.4. The highest BCUT2D eigenvalue weighted by atomic mass is 16.5. The standard InChI is InChI=1S/C17H18N2O/c1-2-11-20-16-10-6-7-14(12-16)17(13-18)19-15-8-4-3-5-9-15/h3-10,12,17,19H,2,11H2,1H3. The predicted octanol–water partition coefficient (Wildman–Crippen LogP) is 4.15. The summed E-state index contributed by atoms with van der Waals surface area (Å²) in [5.41, 5.74) is 1.84. The van der Waals surface area contributed by atoms with Crippen LogP contribution in [0.25, 0.3) is 0 Å². The molecule has 3 heteroatoms. The lowest BCUT2D eigenvalue weighted by atomic mass is 10.1. The van der Waals surface area contributed by atoms with Crippen LogP contribution >= 0.6 is 0 Å². The number of nitriles is 1. The van der Waals surface area contributed by atoms with Gasteiger partial charge >= 0.3 is 0 Å². The van der Waals surface area contributed by atoms with E-state index in [0.717, 1.165) is 23.4 Å². The van der Waals surface area contributed by atoms with E-state index in [2.05, 4.69) is 18.3 Å². The van der Waals surface area contributed by atoms with E-state index in [-0.39, 0.29) is 6.04 Å². The first kappa shape index (κ1) is 14.0. The van der Waals surface area contributed by atoms with Crippen molar-refractivity contribution in [3.8, 4) is 11.8 Å². The molecule has 3 nitrogen and oxygen atoms in total. The van der Waals surface area contributed by atoms with Crippen molar-refractivity contribution in [2.75, 3.05) is 11.9 Å². The Balaban J connectivity index is 2.13. The van der Waals surface area contributed by atoms with Crippen molar-refractivity contribution in [1.29, 1.82) is 5.26 Å². The van der Waals surface area contributed by atoms with E-state index in [1.807, 2.05) is 54.6 Å². The zero-order chi connectivity index (χ0) is 14.2. The molecule has 1 unspecified atom stereocenters. The van der Waals surface area contributed by atoms with E-state index in [0.29, 0.717) is 6.61 Å². The van der Waals surface area contributed by atoms with Crippen LogP contribution in [0.2, 0.25) is 0 Å². The Morgan fingerprint density at radius 3 is 2.65 bits per heavy atom. The van der Waals surface area contributed by atoms with Crippen LogP contribution in [0.3, 0.4) is 0 Å². The quantitative estimate of drug-likeness (QED) is 0.854. The van der Waals surface area contributed by atoms with Crippen molar-refractivity contribution in [2.24, 2.45) is 0 Å². The number of ether oxygens (including phenoxy) is 1. The van der Waals surface area contributed by atoms with Gasteiger partial charge in [0.05, 0.1) is 12.7 Å². The maximum absolute atomic E-state index is 9.35. The van der Waals surface area contributed by atoms with E-state index in [4.69, 9.17) is 4.74 Å². The number of rotatable bonds is 6. The Hall–Kier alpha value is -2.47. The topological polar surface area (TPSA) is 45.0 Å². The van der Waals surface area contributed by atoms with Crippen molar-refractivity contribution in [1.82, 2.24) is 0 Å². The first-order chi connectivity index (χ1) is 9.83. The lowest BCUT2D eigenvalue weighted by Crippen LogP contribution is -2.08. The fourth-order valence-electron chi connectivity index (χ4n) is 1.89. The number of nitrogens with one attached hydrogen (secondary N) is 1. The Morgan fingerprint density at radius 1 is 1.15 bits per heavy atom. The molecule has 0 aliphatic carbocycles. The Kier molecular flexibility index (Phi) is 5.02. The van der Waals surface area contributed by atoms with Gasteiger partial charge in [-0.3, -0.25) is 0 Å². The number of benzene rings is 2. The summed E-state index contributed by atoms with van der Waals surface area (Å²) in [7, 11) is 0. The first-order valence-corrected chi connectivity index (χ1v) is 6.77. The van der Waals surface area contributed by atoms with Crippen LogP contribution in [-0.2, 0) is 0 Å². The molecule has 0 fully saturated rings. The molecular formula is C17H18N2O. The summed E-state index contributed by atoms with van der Waals surface area (Å²) >= 11 is 0. The van der Waals surface area contributed by atoms with Gasteiger partial charge in [-0.15, -0.1) is 0 Å². The number of hydrogen-bond donors (Lipinski definition) is 1. The number of para-hydroxylation sites is 1. The zero-order valence-electron chi connectivity index (χ0n) is 11.5. The van der Waals surface area contributed by atoms with Gasteiger partial charge in [0, 0.05) is 5.69 Å². The Bertz CT molecular complexity index is 575. The number of nitrogens with zero attached hydrogens (tertiary/aromatic N) is 1. The Labute approximate surface area is 119 Å². The molecule has 2 aromatic rings. The molecule has 2 rings (SSSR count). The van der Waals surface area contributed by atoms with Crippen LogP contribution in [0, 0.1) is 11.3 Å². The summed E-state index contributed by atoms with van der Waals surface area (Å²) in [6, 6.07) is 19.3. The molecule has 102 valence electrons. The van der Waals surface area contributed by atoms with E-state index < -0.39 is 0 Å². The average molecular weight is 266 g/mol. The lowest BCUT2D eigenvalue weighted by Gasteiger charge is -2.14.